The Morgan fingerprint density at radius 2 is 1.02 bits per heavy atom. The van der Waals surface area contributed by atoms with Crippen molar-refractivity contribution in [3.8, 4) is 11.5 Å². The number of carbonyl (C=O) groups excluding carboxylic acids is 3. The van der Waals surface area contributed by atoms with Crippen LogP contribution in [0.1, 0.15) is 79.6 Å². The average molecular weight is 621 g/mol. The van der Waals surface area contributed by atoms with E-state index in [2.05, 4.69) is 0 Å². The molecule has 2 heterocycles. The summed E-state index contributed by atoms with van der Waals surface area (Å²) in [6.45, 7) is 3.33. The molecule has 8 heteroatoms. The van der Waals surface area contributed by atoms with Gasteiger partial charge in [-0.1, -0.05) is 48.5 Å². The number of amides is 2. The number of benzene rings is 4. The van der Waals surface area contributed by atoms with Gasteiger partial charge in [0, 0.05) is 48.4 Å². The molecule has 0 radical (unpaired) electrons. The van der Waals surface area contributed by atoms with Gasteiger partial charge in [0.25, 0.3) is 11.8 Å². The van der Waals surface area contributed by atoms with Gasteiger partial charge in [-0.25, -0.2) is 0 Å². The molecule has 1 N–H and O–H groups in total. The van der Waals surface area contributed by atoms with Crippen molar-refractivity contribution in [3.05, 3.63) is 130 Å². The highest BCUT2D eigenvalue weighted by Crippen LogP contribution is 2.26. The maximum absolute atomic E-state index is 12.5. The minimum absolute atomic E-state index is 0.0443. The Morgan fingerprint density at radius 1 is 0.565 bits per heavy atom. The topological polar surface area (TPSA) is 96.4 Å². The maximum Gasteiger partial charge on any atom is 0.253 e. The molecule has 0 bridgehead atoms. The summed E-state index contributed by atoms with van der Waals surface area (Å²) < 4.78 is 10.3. The van der Waals surface area contributed by atoms with E-state index in [4.69, 9.17) is 9.47 Å². The number of carbonyl (C=O) groups is 3. The molecule has 2 aliphatic rings. The summed E-state index contributed by atoms with van der Waals surface area (Å²) in [5.74, 6) is 1.40. The van der Waals surface area contributed by atoms with Crippen LogP contribution >= 0.6 is 0 Å². The molecule has 6 rings (SSSR count). The fourth-order valence-corrected chi connectivity index (χ4v) is 5.71. The lowest BCUT2D eigenvalue weighted by Crippen LogP contribution is -2.27. The van der Waals surface area contributed by atoms with Crippen LogP contribution in [0.25, 0.3) is 0 Å². The number of hydrogen-bond donors (Lipinski definition) is 1. The number of ketones is 1. The third-order valence-corrected chi connectivity index (χ3v) is 8.40. The van der Waals surface area contributed by atoms with Gasteiger partial charge in [0.05, 0.1) is 14.2 Å². The van der Waals surface area contributed by atoms with Gasteiger partial charge in [0.15, 0.2) is 5.78 Å². The number of hydrogen-bond acceptors (Lipinski definition) is 6. The van der Waals surface area contributed by atoms with Crippen LogP contribution in [-0.4, -0.2) is 72.9 Å². The molecule has 8 nitrogen and oxygen atoms in total. The van der Waals surface area contributed by atoms with Crippen molar-refractivity contribution in [2.45, 2.75) is 31.8 Å². The predicted molar refractivity (Wildman–Crippen MR) is 177 cm³/mol. The van der Waals surface area contributed by atoms with Crippen LogP contribution in [0, 0.1) is 0 Å². The van der Waals surface area contributed by atoms with Crippen LogP contribution in [0.2, 0.25) is 0 Å². The number of aliphatic hydroxyl groups excluding tert-OH is 1. The second-order valence-corrected chi connectivity index (χ2v) is 11.4. The van der Waals surface area contributed by atoms with Crippen LogP contribution in [-0.2, 0) is 0 Å². The first-order valence-corrected chi connectivity index (χ1v) is 15.7. The molecule has 1 atom stereocenters. The molecule has 0 spiro atoms. The van der Waals surface area contributed by atoms with E-state index in [0.29, 0.717) is 33.8 Å². The lowest BCUT2D eigenvalue weighted by molar-refractivity contribution is 0.0785. The summed E-state index contributed by atoms with van der Waals surface area (Å²) in [7, 11) is 3.17. The van der Waals surface area contributed by atoms with Crippen LogP contribution in [0.15, 0.2) is 97.1 Å². The van der Waals surface area contributed by atoms with E-state index in [-0.39, 0.29) is 17.6 Å². The van der Waals surface area contributed by atoms with Gasteiger partial charge >= 0.3 is 0 Å². The van der Waals surface area contributed by atoms with Gasteiger partial charge in [-0.15, -0.1) is 0 Å². The summed E-state index contributed by atoms with van der Waals surface area (Å²) in [5, 5.41) is 10.5. The van der Waals surface area contributed by atoms with Gasteiger partial charge in [-0.2, -0.15) is 0 Å². The molecular formula is C38H40N2O6. The number of methoxy groups -OCH3 is 2. The summed E-state index contributed by atoms with van der Waals surface area (Å²) in [5.41, 5.74) is 3.97. The zero-order chi connectivity index (χ0) is 32.5. The van der Waals surface area contributed by atoms with E-state index in [1.54, 1.807) is 74.9 Å². The summed E-state index contributed by atoms with van der Waals surface area (Å²) >= 11 is 0. The first-order chi connectivity index (χ1) is 22.4. The first-order valence-electron chi connectivity index (χ1n) is 15.7. The van der Waals surface area contributed by atoms with Crippen LogP contribution in [0.5, 0.6) is 11.5 Å². The number of aliphatic hydroxyl groups is 1. The van der Waals surface area contributed by atoms with Gasteiger partial charge in [0.1, 0.15) is 17.6 Å². The number of nitrogens with zero attached hydrogens (tertiary/aromatic N) is 2. The van der Waals surface area contributed by atoms with Crippen LogP contribution in [0.3, 0.4) is 0 Å². The zero-order valence-electron chi connectivity index (χ0n) is 26.4. The third-order valence-electron chi connectivity index (χ3n) is 8.40. The van der Waals surface area contributed by atoms with Crippen molar-refractivity contribution >= 4 is 17.6 Å². The normalized spacial score (nSPS) is 14.7. The summed E-state index contributed by atoms with van der Waals surface area (Å²) in [4.78, 5) is 40.9. The summed E-state index contributed by atoms with van der Waals surface area (Å²) in [6.07, 6.45) is 3.56. The van der Waals surface area contributed by atoms with E-state index >= 15 is 0 Å². The fourth-order valence-electron chi connectivity index (χ4n) is 5.71. The van der Waals surface area contributed by atoms with Crippen molar-refractivity contribution < 1.29 is 29.0 Å². The van der Waals surface area contributed by atoms with Gasteiger partial charge in [0.2, 0.25) is 0 Å². The minimum Gasteiger partial charge on any atom is -0.497 e. The van der Waals surface area contributed by atoms with E-state index in [1.165, 1.54) is 0 Å². The molecular weight excluding hydrogens is 580 g/mol. The van der Waals surface area contributed by atoms with Crippen LogP contribution < -0.4 is 9.47 Å². The predicted octanol–water partition coefficient (Wildman–Crippen LogP) is 6.18. The van der Waals surface area contributed by atoms with Crippen molar-refractivity contribution in [1.29, 1.82) is 0 Å². The highest BCUT2D eigenvalue weighted by molar-refractivity contribution is 6.09. The molecule has 2 aliphatic heterocycles. The van der Waals surface area contributed by atoms with E-state index < -0.39 is 6.10 Å². The molecule has 1 unspecified atom stereocenters. The Hall–Kier alpha value is -4.95. The molecule has 4 aromatic rings. The lowest BCUT2D eigenvalue weighted by Gasteiger charge is -2.16. The van der Waals surface area contributed by atoms with Gasteiger partial charge in [-0.05, 0) is 85.3 Å². The smallest absolute Gasteiger partial charge is 0.253 e. The summed E-state index contributed by atoms with van der Waals surface area (Å²) in [6, 6.07) is 28.5. The Balaban J connectivity index is 0.000000181. The molecule has 46 heavy (non-hydrogen) atoms. The SMILES string of the molecule is COc1cccc(C(=O)c2ccc(C(=O)N3CCCC3)cc2)c1.COc1cccc(C(O)c2ccc(C(=O)N3CCCC3)cc2)c1. The van der Waals surface area contributed by atoms with Crippen molar-refractivity contribution in [1.82, 2.24) is 9.80 Å². The largest absolute Gasteiger partial charge is 0.497 e. The monoisotopic (exact) mass is 620 g/mol. The lowest BCUT2D eigenvalue weighted by atomic mass is 10.00. The maximum atomic E-state index is 12.5. The molecule has 0 saturated carbocycles. The van der Waals surface area contributed by atoms with Gasteiger partial charge < -0.3 is 24.4 Å². The van der Waals surface area contributed by atoms with E-state index in [1.807, 2.05) is 46.2 Å². The quantitative estimate of drug-likeness (QED) is 0.237. The molecule has 2 fully saturated rings. The number of likely N-dealkylation sites (tertiary alicyclic amines) is 2. The van der Waals surface area contributed by atoms with E-state index in [0.717, 1.165) is 63.0 Å². The minimum atomic E-state index is -0.735. The standard InChI is InChI=1S/C19H21NO3.C19H19NO3/c2*1-23-17-6-4-5-16(13-17)18(21)14-7-9-15(10-8-14)19(22)20-11-2-3-12-20/h4-10,13,18,21H,2-3,11-12H2,1H3;4-10,13H,2-3,11-12H2,1H3. The Morgan fingerprint density at radius 3 is 1.54 bits per heavy atom. The van der Waals surface area contributed by atoms with Crippen molar-refractivity contribution in [3.63, 3.8) is 0 Å². The second kappa shape index (κ2) is 15.4. The molecule has 2 saturated heterocycles. The Labute approximate surface area is 270 Å². The average Bonchev–Trinajstić information content (AvgIpc) is 3.87. The molecule has 238 valence electrons. The van der Waals surface area contributed by atoms with E-state index in [9.17, 15) is 19.5 Å². The van der Waals surface area contributed by atoms with Gasteiger partial charge in [-0.3, -0.25) is 14.4 Å². The first kappa shape index (κ1) is 32.4. The second-order valence-electron chi connectivity index (χ2n) is 11.4. The molecule has 0 aromatic heterocycles. The number of ether oxygens (including phenoxy) is 2. The Bertz CT molecular complexity index is 1640. The van der Waals surface area contributed by atoms with Crippen molar-refractivity contribution in [2.24, 2.45) is 0 Å². The van der Waals surface area contributed by atoms with Crippen LogP contribution in [0.4, 0.5) is 0 Å². The molecule has 0 aliphatic carbocycles. The molecule has 4 aromatic carbocycles. The number of rotatable bonds is 8. The third kappa shape index (κ3) is 7.82. The highest BCUT2D eigenvalue weighted by atomic mass is 16.5. The Kier molecular flexibility index (Phi) is 10.8. The fraction of sp³-hybridized carbons (Fsp3) is 0.289. The van der Waals surface area contributed by atoms with Crippen molar-refractivity contribution in [2.75, 3.05) is 40.4 Å². The highest BCUT2D eigenvalue weighted by Gasteiger charge is 2.21. The molecule has 2 amide bonds. The zero-order valence-corrected chi connectivity index (χ0v) is 26.4.